The minimum Gasteiger partial charge on any atom is -0.496 e. The van der Waals surface area contributed by atoms with Crippen molar-refractivity contribution in [3.63, 3.8) is 0 Å². The Bertz CT molecular complexity index is 379. The van der Waals surface area contributed by atoms with E-state index in [1.807, 2.05) is 0 Å². The molecule has 94 valence electrons. The molecule has 0 radical (unpaired) electrons. The topological polar surface area (TPSA) is 30.5 Å². The van der Waals surface area contributed by atoms with Crippen LogP contribution in [0.25, 0.3) is 0 Å². The largest absolute Gasteiger partial charge is 0.496 e. The lowest BCUT2D eigenvalue weighted by atomic mass is 10.0. The normalized spacial score (nSPS) is 20.6. The van der Waals surface area contributed by atoms with Gasteiger partial charge >= 0.3 is 0 Å². The van der Waals surface area contributed by atoms with Crippen LogP contribution in [-0.2, 0) is 4.74 Å². The Morgan fingerprint density at radius 3 is 2.88 bits per heavy atom. The fraction of sp³-hybridized carbons (Fsp3) is 0.500. The van der Waals surface area contributed by atoms with E-state index in [2.05, 4.69) is 5.32 Å². The summed E-state index contributed by atoms with van der Waals surface area (Å²) < 4.78 is 36.6. The average molecular weight is 243 g/mol. The third-order valence-corrected chi connectivity index (χ3v) is 2.81. The van der Waals surface area contributed by atoms with Gasteiger partial charge in [-0.25, -0.2) is 8.78 Å². The Kier molecular flexibility index (Phi) is 3.91. The summed E-state index contributed by atoms with van der Waals surface area (Å²) in [4.78, 5) is 0. The van der Waals surface area contributed by atoms with E-state index in [0.29, 0.717) is 18.7 Å². The van der Waals surface area contributed by atoms with Gasteiger partial charge in [0.05, 0.1) is 25.4 Å². The van der Waals surface area contributed by atoms with Crippen LogP contribution >= 0.6 is 0 Å². The van der Waals surface area contributed by atoms with Crippen molar-refractivity contribution in [1.82, 2.24) is 5.32 Å². The summed E-state index contributed by atoms with van der Waals surface area (Å²) >= 11 is 0. The summed E-state index contributed by atoms with van der Waals surface area (Å²) in [6.07, 6.45) is -2.89. The van der Waals surface area contributed by atoms with E-state index >= 15 is 0 Å². The van der Waals surface area contributed by atoms with E-state index in [1.165, 1.54) is 7.11 Å². The fourth-order valence-electron chi connectivity index (χ4n) is 2.02. The number of halogens is 2. The Labute approximate surface area is 98.7 Å². The molecule has 0 spiro atoms. The molecule has 0 aliphatic carbocycles. The van der Waals surface area contributed by atoms with E-state index in [1.54, 1.807) is 18.2 Å². The monoisotopic (exact) mass is 243 g/mol. The molecule has 0 aromatic heterocycles. The molecule has 1 N–H and O–H groups in total. The molecule has 1 atom stereocenters. The van der Waals surface area contributed by atoms with Crippen molar-refractivity contribution in [2.45, 2.75) is 12.5 Å². The Balaban J connectivity index is 2.37. The predicted molar refractivity (Wildman–Crippen MR) is 59.5 cm³/mol. The van der Waals surface area contributed by atoms with Crippen LogP contribution in [0, 0.1) is 0 Å². The fourth-order valence-corrected chi connectivity index (χ4v) is 2.02. The first-order valence-corrected chi connectivity index (χ1v) is 5.51. The molecule has 5 heteroatoms. The van der Waals surface area contributed by atoms with Crippen LogP contribution in [0.4, 0.5) is 8.78 Å². The molecule has 1 fully saturated rings. The first kappa shape index (κ1) is 12.3. The highest BCUT2D eigenvalue weighted by atomic mass is 19.3. The average Bonchev–Trinajstić information content (AvgIpc) is 2.38. The van der Waals surface area contributed by atoms with Crippen molar-refractivity contribution in [1.29, 1.82) is 0 Å². The summed E-state index contributed by atoms with van der Waals surface area (Å²) in [6.45, 7) is 1.84. The van der Waals surface area contributed by atoms with Gasteiger partial charge in [0.25, 0.3) is 6.43 Å². The van der Waals surface area contributed by atoms with Crippen LogP contribution < -0.4 is 10.1 Å². The van der Waals surface area contributed by atoms with Crippen molar-refractivity contribution in [3.8, 4) is 5.75 Å². The third-order valence-electron chi connectivity index (χ3n) is 2.81. The molecular formula is C12H15F2NO2. The van der Waals surface area contributed by atoms with Crippen LogP contribution in [0.1, 0.15) is 23.7 Å². The summed E-state index contributed by atoms with van der Waals surface area (Å²) in [5.41, 5.74) is 0.440. The number of ether oxygens (including phenoxy) is 2. The van der Waals surface area contributed by atoms with Gasteiger partial charge in [-0.1, -0.05) is 12.1 Å². The molecule has 1 aromatic carbocycles. The molecule has 1 heterocycles. The van der Waals surface area contributed by atoms with Crippen LogP contribution in [-0.4, -0.2) is 26.8 Å². The molecule has 17 heavy (non-hydrogen) atoms. The SMILES string of the molecule is COc1cccc(C2CNCCO2)c1C(F)F. The standard InChI is InChI=1S/C12H15F2NO2/c1-16-9-4-2-3-8(11(9)12(13)14)10-7-15-5-6-17-10/h2-4,10,12,15H,5-7H2,1H3. The lowest BCUT2D eigenvalue weighted by molar-refractivity contribution is 0.0243. The van der Waals surface area contributed by atoms with Crippen LogP contribution in [0.15, 0.2) is 18.2 Å². The van der Waals surface area contributed by atoms with Crippen molar-refractivity contribution < 1.29 is 18.3 Å². The predicted octanol–water partition coefficient (Wildman–Crippen LogP) is 2.29. The quantitative estimate of drug-likeness (QED) is 0.883. The Morgan fingerprint density at radius 2 is 2.29 bits per heavy atom. The van der Waals surface area contributed by atoms with Crippen molar-refractivity contribution >= 4 is 0 Å². The molecule has 1 unspecified atom stereocenters. The zero-order chi connectivity index (χ0) is 12.3. The van der Waals surface area contributed by atoms with Gasteiger partial charge in [0, 0.05) is 13.1 Å². The highest BCUT2D eigenvalue weighted by Gasteiger charge is 2.25. The summed E-state index contributed by atoms with van der Waals surface area (Å²) in [5.74, 6) is 0.215. The van der Waals surface area contributed by atoms with Crippen LogP contribution in [0.5, 0.6) is 5.75 Å². The number of hydrogen-bond donors (Lipinski definition) is 1. The molecule has 0 bridgehead atoms. The van der Waals surface area contributed by atoms with Gasteiger partial charge in [-0.2, -0.15) is 0 Å². The van der Waals surface area contributed by atoms with Gasteiger partial charge in [-0.05, 0) is 11.6 Å². The van der Waals surface area contributed by atoms with Gasteiger partial charge in [0.2, 0.25) is 0 Å². The summed E-state index contributed by atoms with van der Waals surface area (Å²) in [7, 11) is 1.39. The zero-order valence-electron chi connectivity index (χ0n) is 9.58. The maximum Gasteiger partial charge on any atom is 0.267 e. The Hall–Kier alpha value is -1.20. The molecule has 1 aliphatic heterocycles. The van der Waals surface area contributed by atoms with Gasteiger partial charge in [-0.15, -0.1) is 0 Å². The molecule has 2 rings (SSSR count). The van der Waals surface area contributed by atoms with Gasteiger partial charge < -0.3 is 14.8 Å². The number of rotatable bonds is 3. The second-order valence-corrected chi connectivity index (χ2v) is 3.83. The van der Waals surface area contributed by atoms with Crippen molar-refractivity contribution in [2.75, 3.05) is 26.8 Å². The molecule has 1 aliphatic rings. The maximum atomic E-state index is 13.1. The third kappa shape index (κ3) is 2.56. The number of morpholine rings is 1. The van der Waals surface area contributed by atoms with Gasteiger partial charge in [-0.3, -0.25) is 0 Å². The van der Waals surface area contributed by atoms with Crippen LogP contribution in [0.3, 0.4) is 0 Å². The second-order valence-electron chi connectivity index (χ2n) is 3.83. The maximum absolute atomic E-state index is 13.1. The van der Waals surface area contributed by atoms with E-state index in [9.17, 15) is 8.78 Å². The molecule has 3 nitrogen and oxygen atoms in total. The Morgan fingerprint density at radius 1 is 1.47 bits per heavy atom. The van der Waals surface area contributed by atoms with Gasteiger partial charge in [0.1, 0.15) is 5.75 Å². The summed E-state index contributed by atoms with van der Waals surface area (Å²) in [5, 5.41) is 3.13. The number of hydrogen-bond acceptors (Lipinski definition) is 3. The van der Waals surface area contributed by atoms with E-state index in [-0.39, 0.29) is 17.4 Å². The minimum atomic E-state index is -2.56. The molecule has 0 saturated carbocycles. The number of nitrogens with one attached hydrogen (secondary N) is 1. The zero-order valence-corrected chi connectivity index (χ0v) is 9.58. The van der Waals surface area contributed by atoms with E-state index in [4.69, 9.17) is 9.47 Å². The molecular weight excluding hydrogens is 228 g/mol. The van der Waals surface area contributed by atoms with E-state index in [0.717, 1.165) is 6.54 Å². The van der Waals surface area contributed by atoms with Gasteiger partial charge in [0.15, 0.2) is 0 Å². The van der Waals surface area contributed by atoms with E-state index < -0.39 is 6.43 Å². The molecule has 0 amide bonds. The number of benzene rings is 1. The lowest BCUT2D eigenvalue weighted by Crippen LogP contribution is -2.33. The molecule has 1 aromatic rings. The second kappa shape index (κ2) is 5.42. The first-order valence-electron chi connectivity index (χ1n) is 5.51. The molecule has 1 saturated heterocycles. The first-order chi connectivity index (χ1) is 8.24. The minimum absolute atomic E-state index is 0.0660. The smallest absolute Gasteiger partial charge is 0.267 e. The highest BCUT2D eigenvalue weighted by Crippen LogP contribution is 2.36. The van der Waals surface area contributed by atoms with Crippen LogP contribution in [0.2, 0.25) is 0 Å². The number of methoxy groups -OCH3 is 1. The summed E-state index contributed by atoms with van der Waals surface area (Å²) in [6, 6.07) is 4.92. The lowest BCUT2D eigenvalue weighted by Gasteiger charge is -2.26. The number of alkyl halides is 2. The van der Waals surface area contributed by atoms with Crippen molar-refractivity contribution in [2.24, 2.45) is 0 Å². The van der Waals surface area contributed by atoms with Crippen molar-refractivity contribution in [3.05, 3.63) is 29.3 Å². The highest BCUT2D eigenvalue weighted by molar-refractivity contribution is 5.42.